The lowest BCUT2D eigenvalue weighted by molar-refractivity contribution is 0.0999. The third-order valence-electron chi connectivity index (χ3n) is 2.98. The standard InChI is InChI=1S/C15H24N2O/c1-12(2)7-5-6-10-17-11-13-8-3-4-9-14(13)15(16)18/h3-4,8-9,12,17H,5-7,10-11H2,1-2H3,(H2,16,18). The summed E-state index contributed by atoms with van der Waals surface area (Å²) in [4.78, 5) is 11.2. The van der Waals surface area contributed by atoms with Crippen molar-refractivity contribution in [1.29, 1.82) is 0 Å². The Hall–Kier alpha value is -1.35. The summed E-state index contributed by atoms with van der Waals surface area (Å²) in [6, 6.07) is 7.49. The van der Waals surface area contributed by atoms with E-state index in [9.17, 15) is 4.79 Å². The van der Waals surface area contributed by atoms with Crippen LogP contribution in [0.15, 0.2) is 24.3 Å². The van der Waals surface area contributed by atoms with Gasteiger partial charge >= 0.3 is 0 Å². The number of amides is 1. The summed E-state index contributed by atoms with van der Waals surface area (Å²) in [7, 11) is 0. The Balaban J connectivity index is 2.29. The monoisotopic (exact) mass is 248 g/mol. The number of carbonyl (C=O) groups is 1. The van der Waals surface area contributed by atoms with Gasteiger partial charge in [-0.2, -0.15) is 0 Å². The fourth-order valence-electron chi connectivity index (χ4n) is 1.94. The van der Waals surface area contributed by atoms with Crippen LogP contribution in [0, 0.1) is 5.92 Å². The van der Waals surface area contributed by atoms with E-state index >= 15 is 0 Å². The van der Waals surface area contributed by atoms with Gasteiger partial charge < -0.3 is 11.1 Å². The highest BCUT2D eigenvalue weighted by Crippen LogP contribution is 2.08. The average molecular weight is 248 g/mol. The van der Waals surface area contributed by atoms with Crippen LogP contribution in [-0.2, 0) is 6.54 Å². The summed E-state index contributed by atoms with van der Waals surface area (Å²) in [5, 5.41) is 3.36. The molecule has 3 heteroatoms. The highest BCUT2D eigenvalue weighted by molar-refractivity contribution is 5.94. The fourth-order valence-corrected chi connectivity index (χ4v) is 1.94. The van der Waals surface area contributed by atoms with E-state index in [4.69, 9.17) is 5.73 Å². The Morgan fingerprint density at radius 2 is 2.00 bits per heavy atom. The number of rotatable bonds is 8. The molecule has 1 aromatic rings. The van der Waals surface area contributed by atoms with Crippen LogP contribution in [0.2, 0.25) is 0 Å². The molecular formula is C15H24N2O. The summed E-state index contributed by atoms with van der Waals surface area (Å²) >= 11 is 0. The van der Waals surface area contributed by atoms with Crippen LogP contribution >= 0.6 is 0 Å². The van der Waals surface area contributed by atoms with E-state index in [-0.39, 0.29) is 5.91 Å². The van der Waals surface area contributed by atoms with Crippen LogP contribution in [0.3, 0.4) is 0 Å². The number of nitrogens with two attached hydrogens (primary N) is 1. The van der Waals surface area contributed by atoms with E-state index in [0.717, 1.165) is 18.0 Å². The zero-order chi connectivity index (χ0) is 13.4. The van der Waals surface area contributed by atoms with E-state index in [2.05, 4.69) is 19.2 Å². The van der Waals surface area contributed by atoms with E-state index in [1.807, 2.05) is 18.2 Å². The summed E-state index contributed by atoms with van der Waals surface area (Å²) in [6.07, 6.45) is 3.71. The maximum absolute atomic E-state index is 11.2. The normalized spacial score (nSPS) is 10.8. The molecule has 0 saturated heterocycles. The first kappa shape index (κ1) is 14.7. The van der Waals surface area contributed by atoms with Crippen molar-refractivity contribution in [2.75, 3.05) is 6.54 Å². The summed E-state index contributed by atoms with van der Waals surface area (Å²) in [6.45, 7) is 6.19. The number of hydrogen-bond donors (Lipinski definition) is 2. The maximum atomic E-state index is 11.2. The minimum Gasteiger partial charge on any atom is -0.366 e. The van der Waals surface area contributed by atoms with E-state index < -0.39 is 0 Å². The van der Waals surface area contributed by atoms with Gasteiger partial charge in [0.15, 0.2) is 0 Å². The van der Waals surface area contributed by atoms with Gasteiger partial charge in [-0.25, -0.2) is 0 Å². The van der Waals surface area contributed by atoms with Crippen LogP contribution < -0.4 is 11.1 Å². The molecule has 3 N–H and O–H groups in total. The molecule has 100 valence electrons. The maximum Gasteiger partial charge on any atom is 0.249 e. The highest BCUT2D eigenvalue weighted by atomic mass is 16.1. The van der Waals surface area contributed by atoms with Crippen molar-refractivity contribution < 1.29 is 4.79 Å². The Bertz CT molecular complexity index is 375. The highest BCUT2D eigenvalue weighted by Gasteiger charge is 2.05. The van der Waals surface area contributed by atoms with Gasteiger partial charge in [0, 0.05) is 12.1 Å². The average Bonchev–Trinajstić information content (AvgIpc) is 2.33. The number of unbranched alkanes of at least 4 members (excludes halogenated alkanes) is 1. The van der Waals surface area contributed by atoms with E-state index in [1.54, 1.807) is 6.07 Å². The second-order valence-corrected chi connectivity index (χ2v) is 5.09. The van der Waals surface area contributed by atoms with Crippen LogP contribution in [0.25, 0.3) is 0 Å². The summed E-state index contributed by atoms with van der Waals surface area (Å²) < 4.78 is 0. The zero-order valence-electron chi connectivity index (χ0n) is 11.4. The first-order valence-electron chi connectivity index (χ1n) is 6.69. The van der Waals surface area contributed by atoms with Gasteiger partial charge in [0.25, 0.3) is 0 Å². The minimum atomic E-state index is -0.354. The molecule has 0 radical (unpaired) electrons. The molecule has 0 atom stereocenters. The van der Waals surface area contributed by atoms with Gasteiger partial charge in [0.1, 0.15) is 0 Å². The van der Waals surface area contributed by atoms with E-state index in [1.165, 1.54) is 19.3 Å². The Kier molecular flexibility index (Phi) is 6.44. The van der Waals surface area contributed by atoms with Crippen molar-refractivity contribution in [3.05, 3.63) is 35.4 Å². The molecule has 3 nitrogen and oxygen atoms in total. The van der Waals surface area contributed by atoms with Gasteiger partial charge in [0.2, 0.25) is 5.91 Å². The second kappa shape index (κ2) is 7.88. The third-order valence-corrected chi connectivity index (χ3v) is 2.98. The van der Waals surface area contributed by atoms with Crippen molar-refractivity contribution in [3.63, 3.8) is 0 Å². The molecule has 0 bridgehead atoms. The largest absolute Gasteiger partial charge is 0.366 e. The van der Waals surface area contributed by atoms with Crippen LogP contribution in [0.4, 0.5) is 0 Å². The first-order valence-corrected chi connectivity index (χ1v) is 6.69. The molecule has 0 aromatic heterocycles. The molecule has 0 aliphatic carbocycles. The quantitative estimate of drug-likeness (QED) is 0.695. The number of hydrogen-bond acceptors (Lipinski definition) is 2. The Labute approximate surface area is 110 Å². The molecule has 0 aliphatic heterocycles. The van der Waals surface area contributed by atoms with Gasteiger partial charge in [-0.3, -0.25) is 4.79 Å². The van der Waals surface area contributed by atoms with Gasteiger partial charge in [-0.05, 0) is 30.5 Å². The van der Waals surface area contributed by atoms with Crippen LogP contribution in [-0.4, -0.2) is 12.5 Å². The lowest BCUT2D eigenvalue weighted by Crippen LogP contribution is -2.19. The smallest absolute Gasteiger partial charge is 0.249 e. The molecule has 0 saturated carbocycles. The van der Waals surface area contributed by atoms with Gasteiger partial charge in [0.05, 0.1) is 0 Å². The van der Waals surface area contributed by atoms with Gasteiger partial charge in [-0.1, -0.05) is 44.9 Å². The molecule has 1 amide bonds. The fraction of sp³-hybridized carbons (Fsp3) is 0.533. The third kappa shape index (κ3) is 5.32. The Morgan fingerprint density at radius 1 is 1.28 bits per heavy atom. The molecule has 0 spiro atoms. The minimum absolute atomic E-state index is 0.354. The first-order chi connectivity index (χ1) is 8.61. The number of nitrogens with one attached hydrogen (secondary N) is 1. The van der Waals surface area contributed by atoms with E-state index in [0.29, 0.717) is 12.1 Å². The van der Waals surface area contributed by atoms with Crippen LogP contribution in [0.1, 0.15) is 49.0 Å². The topological polar surface area (TPSA) is 55.1 Å². The summed E-state index contributed by atoms with van der Waals surface area (Å²) in [5.41, 5.74) is 6.93. The summed E-state index contributed by atoms with van der Waals surface area (Å²) in [5.74, 6) is 0.424. The van der Waals surface area contributed by atoms with Crippen LogP contribution in [0.5, 0.6) is 0 Å². The molecule has 1 rings (SSSR count). The molecule has 0 fully saturated rings. The van der Waals surface area contributed by atoms with Crippen molar-refractivity contribution in [2.45, 2.75) is 39.7 Å². The van der Waals surface area contributed by atoms with Crippen molar-refractivity contribution in [1.82, 2.24) is 5.32 Å². The van der Waals surface area contributed by atoms with Gasteiger partial charge in [-0.15, -0.1) is 0 Å². The molecule has 0 heterocycles. The predicted octanol–water partition coefficient (Wildman–Crippen LogP) is 2.70. The predicted molar refractivity (Wildman–Crippen MR) is 75.4 cm³/mol. The molecule has 1 aromatic carbocycles. The number of primary amides is 1. The lowest BCUT2D eigenvalue weighted by Gasteiger charge is -2.09. The zero-order valence-corrected chi connectivity index (χ0v) is 11.4. The van der Waals surface area contributed by atoms with Crippen molar-refractivity contribution >= 4 is 5.91 Å². The van der Waals surface area contributed by atoms with Crippen molar-refractivity contribution in [3.8, 4) is 0 Å². The van der Waals surface area contributed by atoms with Crippen molar-refractivity contribution in [2.24, 2.45) is 11.7 Å². The number of benzene rings is 1. The molecule has 0 aliphatic rings. The molecule has 18 heavy (non-hydrogen) atoms. The second-order valence-electron chi connectivity index (χ2n) is 5.09. The SMILES string of the molecule is CC(C)CCCCNCc1ccccc1C(N)=O. The number of carbonyl (C=O) groups excluding carboxylic acids is 1. The molecule has 0 unspecified atom stereocenters. The lowest BCUT2D eigenvalue weighted by atomic mass is 10.1. The Morgan fingerprint density at radius 3 is 2.67 bits per heavy atom. The molecular weight excluding hydrogens is 224 g/mol.